The molecule has 106 valence electrons. The van der Waals surface area contributed by atoms with Gasteiger partial charge in [-0.3, -0.25) is 0 Å². The molecule has 0 heterocycles. The molecule has 20 heavy (non-hydrogen) atoms. The van der Waals surface area contributed by atoms with Crippen molar-refractivity contribution in [3.05, 3.63) is 64.7 Å². The Morgan fingerprint density at radius 2 is 1.70 bits per heavy atom. The van der Waals surface area contributed by atoms with Crippen molar-refractivity contribution in [3.63, 3.8) is 0 Å². The van der Waals surface area contributed by atoms with E-state index in [0.717, 1.165) is 5.56 Å². The van der Waals surface area contributed by atoms with Crippen LogP contribution >= 0.6 is 0 Å². The van der Waals surface area contributed by atoms with Crippen LogP contribution in [0, 0.1) is 18.6 Å². The monoisotopic (exact) mass is 278 g/mol. The summed E-state index contributed by atoms with van der Waals surface area (Å²) in [5.74, 6) is -2.30. The summed E-state index contributed by atoms with van der Waals surface area (Å²) in [7, 11) is 0. The largest absolute Gasteiger partial charge is 0.491 e. The molecule has 0 aromatic heterocycles. The van der Waals surface area contributed by atoms with Crippen LogP contribution in [-0.4, -0.2) is 11.7 Å². The van der Waals surface area contributed by atoms with Crippen molar-refractivity contribution in [1.29, 1.82) is 0 Å². The van der Waals surface area contributed by atoms with E-state index < -0.39 is 17.7 Å². The smallest absolute Gasteiger partial charge is 0.200 e. The molecule has 0 aliphatic rings. The second-order valence-corrected chi connectivity index (χ2v) is 4.53. The lowest BCUT2D eigenvalue weighted by atomic mass is 10.00. The van der Waals surface area contributed by atoms with Crippen molar-refractivity contribution in [2.75, 3.05) is 6.61 Å². The van der Waals surface area contributed by atoms with E-state index in [1.807, 2.05) is 6.92 Å². The molecule has 0 bridgehead atoms. The van der Waals surface area contributed by atoms with Gasteiger partial charge < -0.3 is 9.84 Å². The molecule has 0 aliphatic heterocycles. The Labute approximate surface area is 116 Å². The lowest BCUT2D eigenvalue weighted by Crippen LogP contribution is -2.06. The SMILES string of the molecule is CCOc1ccc(C(O)c2ccc(C)cc2)c(F)c1F. The molecule has 1 unspecified atom stereocenters. The van der Waals surface area contributed by atoms with Crippen LogP contribution in [0.4, 0.5) is 8.78 Å². The highest BCUT2D eigenvalue weighted by atomic mass is 19.2. The van der Waals surface area contributed by atoms with Gasteiger partial charge in [0.25, 0.3) is 0 Å². The van der Waals surface area contributed by atoms with Gasteiger partial charge in [-0.25, -0.2) is 4.39 Å². The number of aliphatic hydroxyl groups is 1. The summed E-state index contributed by atoms with van der Waals surface area (Å²) in [6, 6.07) is 9.66. The molecule has 0 amide bonds. The number of benzene rings is 2. The highest BCUT2D eigenvalue weighted by Crippen LogP contribution is 2.30. The van der Waals surface area contributed by atoms with E-state index >= 15 is 0 Å². The topological polar surface area (TPSA) is 29.5 Å². The second-order valence-electron chi connectivity index (χ2n) is 4.53. The van der Waals surface area contributed by atoms with E-state index in [1.54, 1.807) is 31.2 Å². The van der Waals surface area contributed by atoms with Crippen LogP contribution in [0.5, 0.6) is 5.75 Å². The van der Waals surface area contributed by atoms with Crippen LogP contribution < -0.4 is 4.74 Å². The number of hydrogen-bond acceptors (Lipinski definition) is 2. The first-order valence-electron chi connectivity index (χ1n) is 6.40. The Balaban J connectivity index is 2.37. The van der Waals surface area contributed by atoms with Gasteiger partial charge in [-0.15, -0.1) is 0 Å². The first-order valence-corrected chi connectivity index (χ1v) is 6.40. The molecule has 2 nitrogen and oxygen atoms in total. The Morgan fingerprint density at radius 3 is 2.30 bits per heavy atom. The van der Waals surface area contributed by atoms with Crippen LogP contribution in [0.1, 0.15) is 29.7 Å². The molecule has 2 aromatic carbocycles. The molecule has 2 rings (SSSR count). The molecular formula is C16H16F2O2. The minimum absolute atomic E-state index is 0.102. The molecular weight excluding hydrogens is 262 g/mol. The molecule has 1 N–H and O–H groups in total. The van der Waals surface area contributed by atoms with Crippen LogP contribution in [0.15, 0.2) is 36.4 Å². The van der Waals surface area contributed by atoms with Crippen molar-refractivity contribution >= 4 is 0 Å². The van der Waals surface area contributed by atoms with Gasteiger partial charge in [0.05, 0.1) is 6.61 Å². The molecule has 1 atom stereocenters. The maximum absolute atomic E-state index is 14.0. The van der Waals surface area contributed by atoms with Crippen LogP contribution in [0.2, 0.25) is 0 Å². The molecule has 0 aliphatic carbocycles. The summed E-state index contributed by atoms with van der Waals surface area (Å²) in [5, 5.41) is 10.2. The van der Waals surface area contributed by atoms with Crippen molar-refractivity contribution in [1.82, 2.24) is 0 Å². The van der Waals surface area contributed by atoms with E-state index in [2.05, 4.69) is 0 Å². The normalized spacial score (nSPS) is 12.2. The van der Waals surface area contributed by atoms with Gasteiger partial charge in [-0.1, -0.05) is 29.8 Å². The van der Waals surface area contributed by atoms with E-state index in [-0.39, 0.29) is 17.9 Å². The number of halogens is 2. The lowest BCUT2D eigenvalue weighted by molar-refractivity contribution is 0.212. The maximum Gasteiger partial charge on any atom is 0.200 e. The number of hydrogen-bond donors (Lipinski definition) is 1. The number of rotatable bonds is 4. The highest BCUT2D eigenvalue weighted by molar-refractivity contribution is 5.37. The summed E-state index contributed by atoms with van der Waals surface area (Å²) in [5.41, 5.74) is 1.44. The van der Waals surface area contributed by atoms with Gasteiger partial charge in [0.2, 0.25) is 5.82 Å². The Hall–Kier alpha value is -1.94. The zero-order valence-electron chi connectivity index (χ0n) is 11.4. The maximum atomic E-state index is 14.0. The van der Waals surface area contributed by atoms with Gasteiger partial charge in [0, 0.05) is 5.56 Å². The van der Waals surface area contributed by atoms with E-state index in [1.165, 1.54) is 12.1 Å². The zero-order chi connectivity index (χ0) is 14.7. The number of ether oxygens (including phenoxy) is 1. The number of aryl methyl sites for hydroxylation is 1. The first kappa shape index (κ1) is 14.5. The van der Waals surface area contributed by atoms with Gasteiger partial charge in [-0.05, 0) is 31.5 Å². The molecule has 4 heteroatoms. The van der Waals surface area contributed by atoms with Gasteiger partial charge in [-0.2, -0.15) is 4.39 Å². The van der Waals surface area contributed by atoms with Gasteiger partial charge >= 0.3 is 0 Å². The summed E-state index contributed by atoms with van der Waals surface area (Å²) in [6.45, 7) is 3.84. The minimum Gasteiger partial charge on any atom is -0.491 e. The predicted molar refractivity (Wildman–Crippen MR) is 72.8 cm³/mol. The number of aliphatic hydroxyl groups excluding tert-OH is 1. The third kappa shape index (κ3) is 2.80. The molecule has 0 fully saturated rings. The molecule has 0 saturated carbocycles. The quantitative estimate of drug-likeness (QED) is 0.923. The Morgan fingerprint density at radius 1 is 1.05 bits per heavy atom. The van der Waals surface area contributed by atoms with Crippen molar-refractivity contribution in [3.8, 4) is 5.75 Å². The van der Waals surface area contributed by atoms with Crippen LogP contribution in [0.3, 0.4) is 0 Å². The standard InChI is InChI=1S/C16H16F2O2/c1-3-20-13-9-8-12(14(17)15(13)18)16(19)11-6-4-10(2)5-7-11/h4-9,16,19H,3H2,1-2H3. The average molecular weight is 278 g/mol. The second kappa shape index (κ2) is 6.01. The average Bonchev–Trinajstić information content (AvgIpc) is 2.44. The summed E-state index contributed by atoms with van der Waals surface area (Å²) in [6.07, 6.45) is -1.21. The lowest BCUT2D eigenvalue weighted by Gasteiger charge is -2.14. The third-order valence-corrected chi connectivity index (χ3v) is 3.06. The fourth-order valence-electron chi connectivity index (χ4n) is 1.95. The van der Waals surface area contributed by atoms with Gasteiger partial charge in [0.15, 0.2) is 11.6 Å². The first-order chi connectivity index (χ1) is 9.54. The molecule has 2 aromatic rings. The van der Waals surface area contributed by atoms with E-state index in [4.69, 9.17) is 4.74 Å². The van der Waals surface area contributed by atoms with E-state index in [0.29, 0.717) is 5.56 Å². The zero-order valence-corrected chi connectivity index (χ0v) is 11.4. The minimum atomic E-state index is -1.21. The fraction of sp³-hybridized carbons (Fsp3) is 0.250. The molecule has 0 radical (unpaired) electrons. The fourth-order valence-corrected chi connectivity index (χ4v) is 1.95. The molecule has 0 spiro atoms. The third-order valence-electron chi connectivity index (χ3n) is 3.06. The Kier molecular flexibility index (Phi) is 4.35. The van der Waals surface area contributed by atoms with Crippen LogP contribution in [0.25, 0.3) is 0 Å². The summed E-state index contributed by atoms with van der Waals surface area (Å²) in [4.78, 5) is 0. The van der Waals surface area contributed by atoms with Crippen molar-refractivity contribution < 1.29 is 18.6 Å². The van der Waals surface area contributed by atoms with Gasteiger partial charge in [0.1, 0.15) is 6.10 Å². The summed E-state index contributed by atoms with van der Waals surface area (Å²) < 4.78 is 32.7. The van der Waals surface area contributed by atoms with Crippen molar-refractivity contribution in [2.45, 2.75) is 20.0 Å². The predicted octanol–water partition coefficient (Wildman–Crippen LogP) is 3.75. The van der Waals surface area contributed by atoms with E-state index in [9.17, 15) is 13.9 Å². The van der Waals surface area contributed by atoms with Crippen LogP contribution in [-0.2, 0) is 0 Å². The Bertz CT molecular complexity index is 594. The summed E-state index contributed by atoms with van der Waals surface area (Å²) >= 11 is 0. The molecule has 0 saturated heterocycles. The van der Waals surface area contributed by atoms with Crippen molar-refractivity contribution in [2.24, 2.45) is 0 Å². The highest BCUT2D eigenvalue weighted by Gasteiger charge is 2.20.